The van der Waals surface area contributed by atoms with E-state index in [-0.39, 0.29) is 49.8 Å². The predicted molar refractivity (Wildman–Crippen MR) is 451 cm³/mol. The van der Waals surface area contributed by atoms with Gasteiger partial charge in [-0.25, -0.2) is 0 Å². The molecule has 0 heterocycles. The number of rotatable bonds is 10. The number of nitrogens with zero attached hydrogens (tertiary/aromatic N) is 4. The summed E-state index contributed by atoms with van der Waals surface area (Å²) >= 11 is 0. The molecule has 0 N–H and O–H groups in total. The number of aliphatic imine (C=N–C) groups is 4. The number of hydrogen-bond acceptors (Lipinski definition) is 8. The van der Waals surface area contributed by atoms with Crippen LogP contribution in [-0.2, 0) is 77.6 Å². The van der Waals surface area contributed by atoms with E-state index < -0.39 is 0 Å². The van der Waals surface area contributed by atoms with Gasteiger partial charge in [0.1, 0.15) is 0 Å². The summed E-state index contributed by atoms with van der Waals surface area (Å²) in [7, 11) is 0. The van der Waals surface area contributed by atoms with Gasteiger partial charge in [-0.15, -0.1) is 0 Å². The second-order valence-corrected chi connectivity index (χ2v) is 30.9. The van der Waals surface area contributed by atoms with Gasteiger partial charge in [0, 0.05) is 22.3 Å². The molecule has 0 aliphatic heterocycles. The first kappa shape index (κ1) is 82.7. The summed E-state index contributed by atoms with van der Waals surface area (Å²) in [5.74, 6) is -0.880. The molecule has 9 heteroatoms. The Morgan fingerprint density at radius 1 is 0.218 bits per heavy atom. The third kappa shape index (κ3) is 20.2. The zero-order chi connectivity index (χ0) is 77.6. The molecule has 0 atom stereocenters. The zero-order valence-corrected chi connectivity index (χ0v) is 70.1. The molecular weight excluding hydrogens is 1420 g/mol. The summed E-state index contributed by atoms with van der Waals surface area (Å²) in [6, 6.07) is 63.9. The second kappa shape index (κ2) is 38.2. The number of hydrogen-bond donors (Lipinski definition) is 0. The standard InChI is InChI=1S/2C40H44N2O2.3C7H8.Zr/c2*1-23-19-25(3)35(26(4)20-23)39(43)41-33-17-15-29-11-7-9-13-31(29)37(33)38-32-14-10-8-12-30(32)16-18-34(38)42-40(44)36-27(5)21-24(2)22-28(36)6;3*1-7-5-3-2-4-6-7;/h2*15-22H,7-14H2,1-6H3,(H,41,43)(H,42,44);3*2-6H,1H3;/q;;;;;+4/p-4. The topological polar surface area (TPSA) is 142 Å². The SMILES string of the molecule is Cc1cc(C)c(C([O-])=Nc2ccc3c(c2-c2c(N=C([O-])c4c(C)cc(C)cc4C)ccc4c2CCCC4)CCCC3)c(C)c1.Cc1cc(C)c(C([O-])=Nc2ccc3c(c2-c2c(N=C([O-])c4c(C)cc(C)cc4C)ccc4c2CCCC4)CCCC3)c(C)c1.Cc1ccccc1.Cc1ccccc1.Cc1ccccc1.[Zr+4]. The number of fused-ring (bicyclic) bond motifs is 4. The number of benzene rings is 11. The Kier molecular flexibility index (Phi) is 28.7. The van der Waals surface area contributed by atoms with Crippen molar-refractivity contribution < 1.29 is 46.6 Å². The molecule has 4 aliphatic rings. The van der Waals surface area contributed by atoms with E-state index in [0.717, 1.165) is 192 Å². The van der Waals surface area contributed by atoms with Crippen molar-refractivity contribution in [2.45, 2.75) is 207 Å². The molecule has 15 rings (SSSR count). The van der Waals surface area contributed by atoms with Gasteiger partial charge < -0.3 is 20.4 Å². The van der Waals surface area contributed by atoms with Gasteiger partial charge in [0.25, 0.3) is 0 Å². The van der Waals surface area contributed by atoms with Crippen molar-refractivity contribution in [2.75, 3.05) is 0 Å². The minimum atomic E-state index is -0.220. The Hall–Kier alpha value is -9.82. The quantitative estimate of drug-likeness (QED) is 0.0992. The fraction of sp³-hybridized carbons (Fsp3) is 0.307. The average Bonchev–Trinajstić information content (AvgIpc) is 0.753. The van der Waals surface area contributed by atoms with Crippen molar-refractivity contribution in [1.82, 2.24) is 0 Å². The summed E-state index contributed by atoms with van der Waals surface area (Å²) in [5, 5.41) is 55.7. The summed E-state index contributed by atoms with van der Waals surface area (Å²) < 4.78 is 0. The van der Waals surface area contributed by atoms with Crippen LogP contribution < -0.4 is 20.4 Å². The van der Waals surface area contributed by atoms with Crippen molar-refractivity contribution in [2.24, 2.45) is 20.0 Å². The molecule has 560 valence electrons. The molecular formula is C101H108N4O4Zr. The molecule has 110 heavy (non-hydrogen) atoms. The van der Waals surface area contributed by atoms with Gasteiger partial charge in [-0.3, -0.25) is 20.0 Å². The van der Waals surface area contributed by atoms with Crippen molar-refractivity contribution in [3.63, 3.8) is 0 Å². The predicted octanol–water partition coefficient (Wildman–Crippen LogP) is 21.7. The Labute approximate surface area is 675 Å². The van der Waals surface area contributed by atoms with Gasteiger partial charge in [-0.05, 0) is 366 Å². The van der Waals surface area contributed by atoms with Gasteiger partial charge in [-0.2, -0.15) is 0 Å². The van der Waals surface area contributed by atoms with Crippen molar-refractivity contribution in [1.29, 1.82) is 0 Å². The molecule has 0 fully saturated rings. The molecule has 0 bridgehead atoms. The summed E-state index contributed by atoms with van der Waals surface area (Å²) in [6.45, 7) is 30.4. The van der Waals surface area contributed by atoms with Crippen LogP contribution in [0.5, 0.6) is 0 Å². The fourth-order valence-electron chi connectivity index (χ4n) is 17.1. The molecule has 0 amide bonds. The minimum absolute atomic E-state index is 0. The first-order valence-electron chi connectivity index (χ1n) is 39.4. The van der Waals surface area contributed by atoms with E-state index in [1.165, 1.54) is 61.2 Å². The van der Waals surface area contributed by atoms with Crippen molar-refractivity contribution in [3.8, 4) is 22.3 Å². The van der Waals surface area contributed by atoms with Crippen LogP contribution in [0.25, 0.3) is 22.3 Å². The van der Waals surface area contributed by atoms with E-state index in [1.54, 1.807) is 0 Å². The number of aryl methyl sites for hydroxylation is 19. The van der Waals surface area contributed by atoms with Crippen molar-refractivity contribution in [3.05, 3.63) is 338 Å². The van der Waals surface area contributed by atoms with Crippen LogP contribution in [-0.4, -0.2) is 23.6 Å². The van der Waals surface area contributed by atoms with E-state index in [1.807, 2.05) is 134 Å². The third-order valence-corrected chi connectivity index (χ3v) is 21.8. The van der Waals surface area contributed by atoms with Gasteiger partial charge >= 0.3 is 26.2 Å². The molecule has 0 saturated heterocycles. The zero-order valence-electron chi connectivity index (χ0n) is 67.6. The maximum Gasteiger partial charge on any atom is 4.00 e. The van der Waals surface area contributed by atoms with Crippen LogP contribution in [0.2, 0.25) is 0 Å². The monoisotopic (exact) mass is 1530 g/mol. The fourth-order valence-corrected chi connectivity index (χ4v) is 17.1. The van der Waals surface area contributed by atoms with Crippen LogP contribution in [0.15, 0.2) is 208 Å². The Balaban J connectivity index is 0.000000183. The van der Waals surface area contributed by atoms with Crippen LogP contribution in [0.1, 0.15) is 202 Å². The molecule has 0 unspecified atom stereocenters. The van der Waals surface area contributed by atoms with E-state index >= 15 is 0 Å². The van der Waals surface area contributed by atoms with Crippen LogP contribution >= 0.6 is 0 Å². The first-order chi connectivity index (χ1) is 52.4. The Morgan fingerprint density at radius 3 is 0.555 bits per heavy atom. The minimum Gasteiger partial charge on any atom is -0.858 e. The maximum absolute atomic E-state index is 13.9. The van der Waals surface area contributed by atoms with Crippen LogP contribution in [0, 0.1) is 104 Å². The Morgan fingerprint density at radius 2 is 0.391 bits per heavy atom. The molecule has 11 aromatic rings. The van der Waals surface area contributed by atoms with Gasteiger partial charge in [0.2, 0.25) is 0 Å². The van der Waals surface area contributed by atoms with Gasteiger partial charge in [0.15, 0.2) is 0 Å². The smallest absolute Gasteiger partial charge is 0.858 e. The summed E-state index contributed by atoms with van der Waals surface area (Å²) in [5.41, 5.74) is 35.7. The van der Waals surface area contributed by atoms with Gasteiger partial charge in [-0.1, -0.05) is 203 Å². The summed E-state index contributed by atoms with van der Waals surface area (Å²) in [6.07, 6.45) is 16.7. The van der Waals surface area contributed by atoms with E-state index in [0.29, 0.717) is 45.0 Å². The molecule has 11 aromatic carbocycles. The normalized spacial score (nSPS) is 13.8. The molecule has 4 aliphatic carbocycles. The van der Waals surface area contributed by atoms with E-state index in [9.17, 15) is 20.4 Å². The second-order valence-electron chi connectivity index (χ2n) is 30.9. The maximum atomic E-state index is 13.9. The molecule has 0 spiro atoms. The molecule has 0 saturated carbocycles. The van der Waals surface area contributed by atoms with Crippen molar-refractivity contribution >= 4 is 46.3 Å². The Bertz CT molecular complexity index is 4520. The van der Waals surface area contributed by atoms with Crippen LogP contribution in [0.4, 0.5) is 22.7 Å². The molecule has 8 nitrogen and oxygen atoms in total. The third-order valence-electron chi connectivity index (χ3n) is 21.8. The van der Waals surface area contributed by atoms with Gasteiger partial charge in [0.05, 0.1) is 22.7 Å². The largest absolute Gasteiger partial charge is 4.00 e. The molecule has 0 aromatic heterocycles. The molecule has 0 radical (unpaired) electrons. The van der Waals surface area contributed by atoms with Crippen LogP contribution in [0.3, 0.4) is 0 Å². The van der Waals surface area contributed by atoms with E-state index in [4.69, 9.17) is 20.0 Å². The van der Waals surface area contributed by atoms with E-state index in [2.05, 4.69) is 158 Å². The summed E-state index contributed by atoms with van der Waals surface area (Å²) in [4.78, 5) is 19.5. The average molecular weight is 1530 g/mol. The first-order valence-corrected chi connectivity index (χ1v) is 39.4.